The van der Waals surface area contributed by atoms with Gasteiger partial charge in [0, 0.05) is 5.69 Å². The lowest BCUT2D eigenvalue weighted by atomic mass is 9.93. The van der Waals surface area contributed by atoms with Gasteiger partial charge in [0.05, 0.1) is 30.2 Å². The summed E-state index contributed by atoms with van der Waals surface area (Å²) in [7, 11) is 1.60. The molecule has 142 valence electrons. The highest BCUT2D eigenvalue weighted by atomic mass is 32.2. The van der Waals surface area contributed by atoms with Crippen LogP contribution in [0.5, 0.6) is 5.75 Å². The number of para-hydroxylation sites is 1. The first kappa shape index (κ1) is 18.3. The van der Waals surface area contributed by atoms with Gasteiger partial charge in [-0.2, -0.15) is 0 Å². The monoisotopic (exact) mass is 393 g/mol. The number of nitrogens with one attached hydrogen (secondary N) is 1. The van der Waals surface area contributed by atoms with E-state index in [-0.39, 0.29) is 11.8 Å². The molecule has 1 N–H and O–H groups in total. The summed E-state index contributed by atoms with van der Waals surface area (Å²) in [5.41, 5.74) is 2.61. The van der Waals surface area contributed by atoms with Gasteiger partial charge in [-0.25, -0.2) is 4.99 Å². The Morgan fingerprint density at radius 1 is 1.18 bits per heavy atom. The maximum atomic E-state index is 13.2. The van der Waals surface area contributed by atoms with Crippen LogP contribution in [0.2, 0.25) is 0 Å². The van der Waals surface area contributed by atoms with E-state index in [1.165, 1.54) is 11.8 Å². The Bertz CT molecular complexity index is 984. The zero-order chi connectivity index (χ0) is 19.7. The van der Waals surface area contributed by atoms with Crippen molar-refractivity contribution >= 4 is 34.4 Å². The summed E-state index contributed by atoms with van der Waals surface area (Å²) in [5.74, 6) is 0.720. The van der Waals surface area contributed by atoms with Crippen molar-refractivity contribution in [1.82, 2.24) is 4.90 Å². The van der Waals surface area contributed by atoms with Crippen LogP contribution in [0, 0.1) is 0 Å². The SMILES string of the molecule is COc1ccc([C@H]2C(C(=O)Nc3ccccc3)=C(C)N=C3SCC(=O)N32)cc1. The summed E-state index contributed by atoms with van der Waals surface area (Å²) < 4.78 is 5.24. The Morgan fingerprint density at radius 3 is 2.57 bits per heavy atom. The second kappa shape index (κ2) is 7.52. The summed E-state index contributed by atoms with van der Waals surface area (Å²) >= 11 is 1.40. The van der Waals surface area contributed by atoms with E-state index in [1.807, 2.05) is 61.5 Å². The molecule has 0 saturated carbocycles. The van der Waals surface area contributed by atoms with Gasteiger partial charge in [-0.1, -0.05) is 42.1 Å². The number of amidine groups is 1. The van der Waals surface area contributed by atoms with Gasteiger partial charge in [-0.3, -0.25) is 14.5 Å². The molecule has 2 aromatic carbocycles. The number of anilines is 1. The number of thioether (sulfide) groups is 1. The Morgan fingerprint density at radius 2 is 1.89 bits per heavy atom. The highest BCUT2D eigenvalue weighted by Gasteiger charge is 2.42. The molecular weight excluding hydrogens is 374 g/mol. The van der Waals surface area contributed by atoms with Crippen LogP contribution in [0.1, 0.15) is 18.5 Å². The molecule has 6 nitrogen and oxygen atoms in total. The molecule has 2 aromatic rings. The van der Waals surface area contributed by atoms with E-state index < -0.39 is 6.04 Å². The summed E-state index contributed by atoms with van der Waals surface area (Å²) in [5, 5.41) is 3.56. The predicted octanol–water partition coefficient (Wildman–Crippen LogP) is 3.59. The summed E-state index contributed by atoms with van der Waals surface area (Å²) in [4.78, 5) is 31.9. The van der Waals surface area contributed by atoms with Gasteiger partial charge in [-0.15, -0.1) is 0 Å². The Balaban J connectivity index is 1.76. The molecular formula is C21H19N3O3S. The van der Waals surface area contributed by atoms with E-state index in [0.29, 0.717) is 33.6 Å². The molecule has 4 rings (SSSR count). The third-order valence-corrected chi connectivity index (χ3v) is 5.63. The van der Waals surface area contributed by atoms with E-state index in [2.05, 4.69) is 10.3 Å². The number of benzene rings is 2. The minimum Gasteiger partial charge on any atom is -0.497 e. The second-order valence-electron chi connectivity index (χ2n) is 6.44. The molecule has 0 aliphatic carbocycles. The quantitative estimate of drug-likeness (QED) is 0.862. The summed E-state index contributed by atoms with van der Waals surface area (Å²) in [6.45, 7) is 1.81. The number of fused-ring (bicyclic) bond motifs is 1. The molecule has 2 amide bonds. The molecule has 0 aromatic heterocycles. The third-order valence-electron chi connectivity index (χ3n) is 4.69. The maximum Gasteiger partial charge on any atom is 0.255 e. The number of ether oxygens (including phenoxy) is 1. The standard InChI is InChI=1S/C21H19N3O3S/c1-13-18(20(26)23-15-6-4-3-5-7-15)19(14-8-10-16(27-2)11-9-14)24-17(25)12-28-21(24)22-13/h3-11,19H,12H2,1-2H3,(H,23,26)/t19-/m0/s1. The number of carbonyl (C=O) groups excluding carboxylic acids is 2. The zero-order valence-electron chi connectivity index (χ0n) is 15.5. The van der Waals surface area contributed by atoms with Crippen molar-refractivity contribution in [2.24, 2.45) is 4.99 Å². The largest absolute Gasteiger partial charge is 0.497 e. The van der Waals surface area contributed by atoms with Gasteiger partial charge in [0.1, 0.15) is 5.75 Å². The number of hydrogen-bond donors (Lipinski definition) is 1. The van der Waals surface area contributed by atoms with E-state index >= 15 is 0 Å². The Kier molecular flexibility index (Phi) is 4.92. The lowest BCUT2D eigenvalue weighted by Crippen LogP contribution is -2.40. The number of hydrogen-bond acceptors (Lipinski definition) is 5. The number of aliphatic imine (C=N–C) groups is 1. The fourth-order valence-corrected chi connectivity index (χ4v) is 4.29. The molecule has 28 heavy (non-hydrogen) atoms. The average molecular weight is 393 g/mol. The third kappa shape index (κ3) is 3.29. The lowest BCUT2D eigenvalue weighted by Gasteiger charge is -2.33. The van der Waals surface area contributed by atoms with Crippen LogP contribution in [-0.4, -0.2) is 34.7 Å². The van der Waals surface area contributed by atoms with Gasteiger partial charge >= 0.3 is 0 Å². The van der Waals surface area contributed by atoms with Gasteiger partial charge in [0.15, 0.2) is 5.17 Å². The number of amides is 2. The predicted molar refractivity (Wildman–Crippen MR) is 110 cm³/mol. The van der Waals surface area contributed by atoms with Crippen molar-refractivity contribution in [3.63, 3.8) is 0 Å². The molecule has 0 spiro atoms. The molecule has 1 saturated heterocycles. The first-order chi connectivity index (χ1) is 13.6. The molecule has 2 heterocycles. The summed E-state index contributed by atoms with van der Waals surface area (Å²) in [6.07, 6.45) is 0. The number of nitrogens with zero attached hydrogens (tertiary/aromatic N) is 2. The van der Waals surface area contributed by atoms with Crippen LogP contribution in [0.25, 0.3) is 0 Å². The molecule has 0 bridgehead atoms. The number of methoxy groups -OCH3 is 1. The van der Waals surface area contributed by atoms with Crippen molar-refractivity contribution in [2.75, 3.05) is 18.2 Å². The van der Waals surface area contributed by atoms with Gasteiger partial charge in [-0.05, 0) is 36.8 Å². The molecule has 2 aliphatic heterocycles. The van der Waals surface area contributed by atoms with Crippen LogP contribution in [-0.2, 0) is 9.59 Å². The smallest absolute Gasteiger partial charge is 0.255 e. The van der Waals surface area contributed by atoms with Crippen molar-refractivity contribution in [1.29, 1.82) is 0 Å². The number of rotatable bonds is 4. The molecule has 0 radical (unpaired) electrons. The summed E-state index contributed by atoms with van der Waals surface area (Å²) in [6, 6.07) is 16.1. The van der Waals surface area contributed by atoms with Crippen LogP contribution in [0.3, 0.4) is 0 Å². The molecule has 2 aliphatic rings. The molecule has 0 unspecified atom stereocenters. The maximum absolute atomic E-state index is 13.2. The topological polar surface area (TPSA) is 71.0 Å². The van der Waals surface area contributed by atoms with E-state index in [9.17, 15) is 9.59 Å². The molecule has 7 heteroatoms. The minimum absolute atomic E-state index is 0.0536. The van der Waals surface area contributed by atoms with Crippen LogP contribution in [0.15, 0.2) is 70.9 Å². The fourth-order valence-electron chi connectivity index (χ4n) is 3.35. The van der Waals surface area contributed by atoms with Crippen molar-refractivity contribution in [3.05, 3.63) is 71.4 Å². The van der Waals surface area contributed by atoms with Crippen LogP contribution in [0.4, 0.5) is 5.69 Å². The Labute approximate surface area is 167 Å². The molecule has 1 fully saturated rings. The normalized spacial score (nSPS) is 18.6. The highest BCUT2D eigenvalue weighted by Crippen LogP contribution is 2.41. The van der Waals surface area contributed by atoms with Crippen LogP contribution < -0.4 is 10.1 Å². The molecule has 1 atom stereocenters. The average Bonchev–Trinajstić information content (AvgIpc) is 3.08. The Hall–Kier alpha value is -3.06. The van der Waals surface area contributed by atoms with Crippen molar-refractivity contribution < 1.29 is 14.3 Å². The van der Waals surface area contributed by atoms with E-state index in [0.717, 1.165) is 5.56 Å². The van der Waals surface area contributed by atoms with E-state index in [1.54, 1.807) is 12.0 Å². The van der Waals surface area contributed by atoms with Crippen LogP contribution >= 0.6 is 11.8 Å². The van der Waals surface area contributed by atoms with Gasteiger partial charge < -0.3 is 10.1 Å². The van der Waals surface area contributed by atoms with Crippen molar-refractivity contribution in [2.45, 2.75) is 13.0 Å². The minimum atomic E-state index is -0.524. The van der Waals surface area contributed by atoms with E-state index in [4.69, 9.17) is 4.74 Å². The second-order valence-corrected chi connectivity index (χ2v) is 7.38. The highest BCUT2D eigenvalue weighted by molar-refractivity contribution is 8.15. The fraction of sp³-hybridized carbons (Fsp3) is 0.190. The first-order valence-electron chi connectivity index (χ1n) is 8.83. The number of allylic oxidation sites excluding steroid dienone is 1. The van der Waals surface area contributed by atoms with Crippen molar-refractivity contribution in [3.8, 4) is 5.75 Å². The number of carbonyl (C=O) groups is 2. The van der Waals surface area contributed by atoms with Gasteiger partial charge in [0.25, 0.3) is 5.91 Å². The van der Waals surface area contributed by atoms with Gasteiger partial charge in [0.2, 0.25) is 5.91 Å². The zero-order valence-corrected chi connectivity index (χ0v) is 16.3. The first-order valence-corrected chi connectivity index (χ1v) is 9.81. The lowest BCUT2D eigenvalue weighted by molar-refractivity contribution is -0.125.